The van der Waals surface area contributed by atoms with Gasteiger partial charge in [-0.25, -0.2) is 0 Å². The predicted octanol–water partition coefficient (Wildman–Crippen LogP) is 3.17. The summed E-state index contributed by atoms with van der Waals surface area (Å²) < 4.78 is 33.8. The minimum absolute atomic E-state index is 0.139. The van der Waals surface area contributed by atoms with E-state index in [1.807, 2.05) is 0 Å². The number of ether oxygens (including phenoxy) is 6. The summed E-state index contributed by atoms with van der Waals surface area (Å²) >= 11 is 0. The second-order valence-corrected chi connectivity index (χ2v) is 11.8. The molecule has 2 aliphatic rings. The lowest BCUT2D eigenvalue weighted by Gasteiger charge is -2.48. The number of hydrogen-bond acceptors (Lipinski definition) is 13. The van der Waals surface area contributed by atoms with Crippen LogP contribution in [0, 0.1) is 11.3 Å². The fraction of sp³-hybridized carbons (Fsp3) is 0.625. The maximum atomic E-state index is 12.6. The summed E-state index contributed by atoms with van der Waals surface area (Å²) in [5.41, 5.74) is 0.140. The molecule has 0 aromatic heterocycles. The highest BCUT2D eigenvalue weighted by Gasteiger charge is 2.51. The molecule has 0 radical (unpaired) electrons. The Morgan fingerprint density at radius 1 is 0.733 bits per heavy atom. The summed E-state index contributed by atoms with van der Waals surface area (Å²) in [5.74, 6) is -5.00. The summed E-state index contributed by atoms with van der Waals surface area (Å²) in [6.07, 6.45) is -4.72. The normalized spacial score (nSPS) is 29.4. The Morgan fingerprint density at radius 3 is 1.71 bits per heavy atom. The number of rotatable bonds is 7. The number of aliphatic hydroxyl groups is 1. The van der Waals surface area contributed by atoms with Crippen molar-refractivity contribution in [2.75, 3.05) is 6.61 Å². The van der Waals surface area contributed by atoms with Crippen molar-refractivity contribution < 1.29 is 62.3 Å². The highest BCUT2D eigenvalue weighted by atomic mass is 16.6. The first-order valence-electron chi connectivity index (χ1n) is 14.6. The van der Waals surface area contributed by atoms with E-state index in [-0.39, 0.29) is 36.4 Å². The van der Waals surface area contributed by atoms with Gasteiger partial charge in [0.15, 0.2) is 11.9 Å². The average Bonchev–Trinajstić information content (AvgIpc) is 2.87. The molecule has 0 spiro atoms. The molecule has 6 atom stereocenters. The summed E-state index contributed by atoms with van der Waals surface area (Å²) in [4.78, 5) is 73.8. The van der Waals surface area contributed by atoms with E-state index in [1.54, 1.807) is 20.8 Å². The minimum atomic E-state index is -1.43. The van der Waals surface area contributed by atoms with Crippen LogP contribution < -0.4 is 0 Å². The largest absolute Gasteiger partial charge is 0.461 e. The zero-order valence-electron chi connectivity index (χ0n) is 27.5. The van der Waals surface area contributed by atoms with E-state index in [9.17, 15) is 33.9 Å². The molecular formula is C32H44O13. The number of fused-ring (bicyclic) bond motifs is 2. The first-order chi connectivity index (χ1) is 20.8. The summed E-state index contributed by atoms with van der Waals surface area (Å²) in [6.45, 7) is 13.5. The van der Waals surface area contributed by atoms with E-state index in [1.165, 1.54) is 40.7 Å². The molecule has 0 aromatic carbocycles. The zero-order chi connectivity index (χ0) is 34.4. The molecule has 0 aliphatic heterocycles. The summed E-state index contributed by atoms with van der Waals surface area (Å²) in [6, 6.07) is 0. The third-order valence-electron chi connectivity index (χ3n) is 7.91. The van der Waals surface area contributed by atoms with Gasteiger partial charge in [-0.3, -0.25) is 28.8 Å². The van der Waals surface area contributed by atoms with Gasteiger partial charge in [-0.15, -0.1) is 0 Å². The average molecular weight is 637 g/mol. The molecule has 13 heteroatoms. The van der Waals surface area contributed by atoms with Crippen LogP contribution >= 0.6 is 0 Å². The smallest absolute Gasteiger partial charge is 0.307 e. The number of carbonyl (C=O) groups excluding carboxylic acids is 6. The van der Waals surface area contributed by atoms with Crippen molar-refractivity contribution in [1.82, 2.24) is 0 Å². The minimum Gasteiger partial charge on any atom is -0.461 e. The Kier molecular flexibility index (Phi) is 12.7. The van der Waals surface area contributed by atoms with Gasteiger partial charge in [0.1, 0.15) is 24.9 Å². The molecule has 0 aromatic rings. The van der Waals surface area contributed by atoms with Gasteiger partial charge in [0.25, 0.3) is 0 Å². The van der Waals surface area contributed by atoms with E-state index in [0.717, 1.165) is 13.8 Å². The van der Waals surface area contributed by atoms with Gasteiger partial charge in [-0.1, -0.05) is 13.8 Å². The number of hydrogen-bond donors (Lipinski definition) is 1. The monoisotopic (exact) mass is 636 g/mol. The van der Waals surface area contributed by atoms with Gasteiger partial charge < -0.3 is 33.5 Å². The summed E-state index contributed by atoms with van der Waals surface area (Å²) in [5, 5.41) is 11.5. The molecule has 2 bridgehead atoms. The molecule has 250 valence electrons. The van der Waals surface area contributed by atoms with Crippen LogP contribution in [-0.2, 0) is 57.2 Å². The number of carbonyl (C=O) groups is 6. The molecule has 0 fully saturated rings. The topological polar surface area (TPSA) is 178 Å². The molecule has 13 nitrogen and oxygen atoms in total. The highest BCUT2D eigenvalue weighted by molar-refractivity contribution is 5.71. The number of aliphatic hydroxyl groups excluding tert-OH is 1. The second-order valence-electron chi connectivity index (χ2n) is 11.8. The van der Waals surface area contributed by atoms with E-state index >= 15 is 0 Å². The Bertz CT molecular complexity index is 1300. The van der Waals surface area contributed by atoms with Crippen molar-refractivity contribution in [3.05, 3.63) is 34.1 Å². The number of esters is 6. The van der Waals surface area contributed by atoms with Crippen molar-refractivity contribution in [2.45, 2.75) is 113 Å². The van der Waals surface area contributed by atoms with Crippen LogP contribution in [-0.4, -0.2) is 78.0 Å². The van der Waals surface area contributed by atoms with Gasteiger partial charge in [0.2, 0.25) is 0 Å². The third-order valence-corrected chi connectivity index (χ3v) is 7.91. The van der Waals surface area contributed by atoms with Crippen molar-refractivity contribution in [3.8, 4) is 0 Å². The van der Waals surface area contributed by atoms with Crippen LogP contribution in [0.3, 0.4) is 0 Å². The molecule has 0 unspecified atom stereocenters. The van der Waals surface area contributed by atoms with Crippen LogP contribution in [0.5, 0.6) is 0 Å². The molecule has 0 saturated carbocycles. The van der Waals surface area contributed by atoms with Crippen molar-refractivity contribution in [1.29, 1.82) is 0 Å². The van der Waals surface area contributed by atoms with Gasteiger partial charge >= 0.3 is 35.8 Å². The summed E-state index contributed by atoms with van der Waals surface area (Å²) in [7, 11) is 0. The second kappa shape index (κ2) is 15.3. The highest BCUT2D eigenvalue weighted by Crippen LogP contribution is 2.51. The molecular weight excluding hydrogens is 592 g/mol. The zero-order valence-corrected chi connectivity index (χ0v) is 27.5. The van der Waals surface area contributed by atoms with E-state index in [0.29, 0.717) is 11.1 Å². The predicted molar refractivity (Wildman–Crippen MR) is 157 cm³/mol. The fourth-order valence-corrected chi connectivity index (χ4v) is 6.02. The first kappa shape index (κ1) is 37.2. The molecule has 1 N–H and O–H groups in total. The van der Waals surface area contributed by atoms with Crippen LogP contribution in [0.1, 0.15) is 82.1 Å². The molecule has 2 aliphatic carbocycles. The quantitative estimate of drug-likeness (QED) is 0.245. The molecule has 45 heavy (non-hydrogen) atoms. The molecule has 0 heterocycles. The maximum Gasteiger partial charge on any atom is 0.307 e. The van der Waals surface area contributed by atoms with Gasteiger partial charge in [-0.2, -0.15) is 0 Å². The lowest BCUT2D eigenvalue weighted by molar-refractivity contribution is -0.156. The van der Waals surface area contributed by atoms with Crippen LogP contribution in [0.25, 0.3) is 0 Å². The first-order valence-corrected chi connectivity index (χ1v) is 14.6. The Balaban J connectivity index is 3.15. The van der Waals surface area contributed by atoms with Gasteiger partial charge in [0, 0.05) is 59.5 Å². The van der Waals surface area contributed by atoms with Crippen molar-refractivity contribution in [2.24, 2.45) is 11.3 Å². The van der Waals surface area contributed by atoms with Crippen LogP contribution in [0.15, 0.2) is 34.1 Å². The van der Waals surface area contributed by atoms with Crippen LogP contribution in [0.2, 0.25) is 0 Å². The molecule has 0 saturated heterocycles. The standard InChI is InChI=1S/C32H44O13/c1-15-26(41-18(4)34)12-24-28(43-20(6)36)11-23(14-40-17(3)33)25(39)13-27(42-19(5)35)16(2)30(44-21(7)37)31(45-22(8)38)29(15)32(24,9)10/h11,24-28,31,39H,12-14H2,1-10H3/b23-11+,30-16-/t24-,25-,26-,27-,28-,31+/m0/s1. The van der Waals surface area contributed by atoms with Crippen LogP contribution in [0.4, 0.5) is 0 Å². The Morgan fingerprint density at radius 2 is 1.24 bits per heavy atom. The third kappa shape index (κ3) is 9.74. The maximum absolute atomic E-state index is 12.6. The lowest BCUT2D eigenvalue weighted by atomic mass is 9.60. The van der Waals surface area contributed by atoms with Crippen molar-refractivity contribution in [3.63, 3.8) is 0 Å². The van der Waals surface area contributed by atoms with Crippen molar-refractivity contribution >= 4 is 35.8 Å². The Labute approximate surface area is 262 Å². The molecule has 2 rings (SSSR count). The lowest BCUT2D eigenvalue weighted by Crippen LogP contribution is -2.49. The van der Waals surface area contributed by atoms with Gasteiger partial charge in [-0.05, 0) is 48.5 Å². The van der Waals surface area contributed by atoms with Gasteiger partial charge in [0.05, 0.1) is 6.10 Å². The SMILES string of the molecule is CC(=O)OC/C1=C\[C@H](OC(C)=O)[C@@H]2C[C@H](OC(C)=O)C(C)=C([C@@H](OC(C)=O)/C(OC(C)=O)=C(\C)[C@@H](OC(C)=O)C[C@@H]1O)C2(C)C. The van der Waals surface area contributed by atoms with E-state index in [4.69, 9.17) is 28.4 Å². The molecule has 0 amide bonds. The van der Waals surface area contributed by atoms with E-state index in [2.05, 4.69) is 0 Å². The Hall–Kier alpha value is -4.00. The fourth-order valence-electron chi connectivity index (χ4n) is 6.02. The van der Waals surface area contributed by atoms with E-state index < -0.39 is 77.7 Å².